The molecule has 96 valence electrons. The van der Waals surface area contributed by atoms with Gasteiger partial charge in [-0.25, -0.2) is 0 Å². The summed E-state index contributed by atoms with van der Waals surface area (Å²) in [6.45, 7) is 4.14. The fourth-order valence-electron chi connectivity index (χ4n) is 2.23. The molecule has 0 spiro atoms. The molecule has 0 aliphatic rings. The van der Waals surface area contributed by atoms with Gasteiger partial charge in [0.25, 0.3) is 0 Å². The van der Waals surface area contributed by atoms with E-state index in [4.69, 9.17) is 11.6 Å². The molecule has 1 heterocycles. The van der Waals surface area contributed by atoms with Crippen LogP contribution in [-0.4, -0.2) is 10.8 Å². The van der Waals surface area contributed by atoms with Gasteiger partial charge >= 0.3 is 0 Å². The van der Waals surface area contributed by atoms with Gasteiger partial charge < -0.3 is 4.98 Å². The zero-order valence-electron chi connectivity index (χ0n) is 10.8. The Bertz CT molecular complexity index is 559. The maximum absolute atomic E-state index is 12.4. The molecule has 1 aromatic carbocycles. The lowest BCUT2D eigenvalue weighted by molar-refractivity contribution is 0.0924. The Balaban J connectivity index is 2.31. The van der Waals surface area contributed by atoms with Gasteiger partial charge in [-0.15, -0.1) is 0 Å². The molecular weight excluding hydrogens is 246 g/mol. The molecule has 1 N–H and O–H groups in total. The summed E-state index contributed by atoms with van der Waals surface area (Å²) in [4.78, 5) is 15.5. The number of para-hydroxylation sites is 1. The number of ketones is 1. The van der Waals surface area contributed by atoms with Gasteiger partial charge in [0.2, 0.25) is 0 Å². The first kappa shape index (κ1) is 13.2. The van der Waals surface area contributed by atoms with Gasteiger partial charge in [-0.2, -0.15) is 0 Å². The van der Waals surface area contributed by atoms with E-state index >= 15 is 0 Å². The van der Waals surface area contributed by atoms with E-state index in [0.29, 0.717) is 5.02 Å². The molecule has 0 radical (unpaired) electrons. The second kappa shape index (κ2) is 5.57. The molecule has 2 rings (SSSR count). The highest BCUT2D eigenvalue weighted by Crippen LogP contribution is 2.27. The second-order valence-corrected chi connectivity index (χ2v) is 5.18. The number of aromatic nitrogens is 1. The van der Waals surface area contributed by atoms with E-state index in [0.717, 1.165) is 35.7 Å². The first-order chi connectivity index (χ1) is 8.65. The van der Waals surface area contributed by atoms with Crippen LogP contribution in [0.3, 0.4) is 0 Å². The maximum Gasteiger partial charge on any atom is 0.167 e. The molecule has 0 saturated heterocycles. The molecule has 18 heavy (non-hydrogen) atoms. The molecule has 0 aliphatic heterocycles. The van der Waals surface area contributed by atoms with E-state index in [9.17, 15) is 4.79 Å². The van der Waals surface area contributed by atoms with Crippen molar-refractivity contribution in [1.82, 2.24) is 4.98 Å². The largest absolute Gasteiger partial charge is 0.359 e. The molecule has 2 nitrogen and oxygen atoms in total. The lowest BCUT2D eigenvalue weighted by Crippen LogP contribution is -2.10. The van der Waals surface area contributed by atoms with Gasteiger partial charge in [0.15, 0.2) is 5.78 Å². The van der Waals surface area contributed by atoms with E-state index in [1.54, 1.807) is 6.20 Å². The van der Waals surface area contributed by atoms with Gasteiger partial charge in [-0.1, -0.05) is 50.4 Å². The molecule has 0 saturated carbocycles. The van der Waals surface area contributed by atoms with Crippen molar-refractivity contribution in [2.24, 2.45) is 5.92 Å². The van der Waals surface area contributed by atoms with Crippen molar-refractivity contribution < 1.29 is 4.79 Å². The van der Waals surface area contributed by atoms with Crippen molar-refractivity contribution in [2.75, 3.05) is 0 Å². The Morgan fingerprint density at radius 1 is 1.44 bits per heavy atom. The zero-order chi connectivity index (χ0) is 13.1. The van der Waals surface area contributed by atoms with Crippen LogP contribution in [0.15, 0.2) is 24.4 Å². The summed E-state index contributed by atoms with van der Waals surface area (Å²) in [5.74, 6) is 0.278. The number of benzene rings is 1. The van der Waals surface area contributed by atoms with Crippen molar-refractivity contribution in [3.05, 3.63) is 35.0 Å². The fraction of sp³-hybridized carbons (Fsp3) is 0.400. The van der Waals surface area contributed by atoms with Gasteiger partial charge in [-0.05, 0) is 12.5 Å². The van der Waals surface area contributed by atoms with Crippen molar-refractivity contribution in [1.29, 1.82) is 0 Å². The minimum Gasteiger partial charge on any atom is -0.359 e. The fourth-order valence-corrected chi connectivity index (χ4v) is 2.46. The van der Waals surface area contributed by atoms with Crippen LogP contribution in [0.4, 0.5) is 0 Å². The van der Waals surface area contributed by atoms with E-state index < -0.39 is 0 Å². The Morgan fingerprint density at radius 2 is 2.22 bits per heavy atom. The van der Waals surface area contributed by atoms with E-state index in [1.807, 2.05) is 25.1 Å². The number of nitrogens with one attached hydrogen (secondary N) is 1. The number of halogens is 1. The molecule has 0 bridgehead atoms. The summed E-state index contributed by atoms with van der Waals surface area (Å²) in [7, 11) is 0. The highest BCUT2D eigenvalue weighted by atomic mass is 35.5. The van der Waals surface area contributed by atoms with Crippen LogP contribution >= 0.6 is 11.6 Å². The topological polar surface area (TPSA) is 32.9 Å². The van der Waals surface area contributed by atoms with Gasteiger partial charge in [0.05, 0.1) is 10.5 Å². The third-order valence-corrected chi connectivity index (χ3v) is 3.68. The first-order valence-electron chi connectivity index (χ1n) is 6.45. The number of hydrogen-bond acceptors (Lipinski definition) is 1. The predicted octanol–water partition coefficient (Wildman–Crippen LogP) is 4.83. The van der Waals surface area contributed by atoms with Crippen molar-refractivity contribution in [2.45, 2.75) is 33.1 Å². The minimum atomic E-state index is 0.0722. The molecule has 0 aliphatic carbocycles. The number of Topliss-reactive ketones (excluding diaryl/α,β-unsaturated/α-hetero) is 1. The maximum atomic E-state index is 12.4. The minimum absolute atomic E-state index is 0.0722. The number of hydrogen-bond donors (Lipinski definition) is 1. The number of fused-ring (bicyclic) bond motifs is 1. The van der Waals surface area contributed by atoms with Crippen LogP contribution in [-0.2, 0) is 0 Å². The van der Waals surface area contributed by atoms with Crippen LogP contribution in [0.25, 0.3) is 10.9 Å². The van der Waals surface area contributed by atoms with Crippen LogP contribution < -0.4 is 0 Å². The molecule has 3 heteroatoms. The molecular formula is C15H18ClNO. The Labute approximate surface area is 112 Å². The highest BCUT2D eigenvalue weighted by molar-refractivity contribution is 6.35. The summed E-state index contributed by atoms with van der Waals surface area (Å²) in [6.07, 6.45) is 4.94. The monoisotopic (exact) mass is 263 g/mol. The van der Waals surface area contributed by atoms with E-state index in [1.165, 1.54) is 0 Å². The predicted molar refractivity (Wildman–Crippen MR) is 76.3 cm³/mol. The smallest absolute Gasteiger partial charge is 0.167 e. The van der Waals surface area contributed by atoms with Crippen LogP contribution in [0, 0.1) is 5.92 Å². The number of unbranched alkanes of at least 4 members (excludes halogenated alkanes) is 1. The molecule has 0 amide bonds. The summed E-state index contributed by atoms with van der Waals surface area (Å²) in [5, 5.41) is 1.59. The van der Waals surface area contributed by atoms with Gasteiger partial charge in [-0.3, -0.25) is 4.79 Å². The van der Waals surface area contributed by atoms with Gasteiger partial charge in [0.1, 0.15) is 0 Å². The Hall–Kier alpha value is -1.28. The average Bonchev–Trinajstić information content (AvgIpc) is 2.80. The summed E-state index contributed by atoms with van der Waals surface area (Å²) in [6, 6.07) is 5.65. The molecule has 1 unspecified atom stereocenters. The van der Waals surface area contributed by atoms with Crippen molar-refractivity contribution in [3.63, 3.8) is 0 Å². The number of rotatable bonds is 5. The van der Waals surface area contributed by atoms with Crippen LogP contribution in [0.2, 0.25) is 5.02 Å². The molecule has 2 aromatic rings. The summed E-state index contributed by atoms with van der Waals surface area (Å²) in [5.41, 5.74) is 1.61. The normalized spacial score (nSPS) is 12.8. The molecule has 1 atom stereocenters. The van der Waals surface area contributed by atoms with Crippen molar-refractivity contribution >= 4 is 28.3 Å². The van der Waals surface area contributed by atoms with Crippen LogP contribution in [0.5, 0.6) is 0 Å². The number of carbonyl (C=O) groups is 1. The van der Waals surface area contributed by atoms with Crippen molar-refractivity contribution in [3.8, 4) is 0 Å². The number of aromatic amines is 1. The summed E-state index contributed by atoms with van der Waals surface area (Å²) < 4.78 is 0. The van der Waals surface area contributed by atoms with Crippen LogP contribution in [0.1, 0.15) is 43.5 Å². The Morgan fingerprint density at radius 3 is 2.94 bits per heavy atom. The standard InChI is InChI=1S/C15H18ClNO/c1-3-4-6-10(2)15(18)12-9-17-14-11(12)7-5-8-13(14)16/h5,7-10,17H,3-4,6H2,1-2H3. The third-order valence-electron chi connectivity index (χ3n) is 3.37. The molecule has 1 aromatic heterocycles. The lowest BCUT2D eigenvalue weighted by Gasteiger charge is -2.08. The first-order valence-corrected chi connectivity index (χ1v) is 6.82. The van der Waals surface area contributed by atoms with Gasteiger partial charge in [0, 0.05) is 23.1 Å². The third kappa shape index (κ3) is 2.44. The quantitative estimate of drug-likeness (QED) is 0.770. The average molecular weight is 264 g/mol. The van der Waals surface area contributed by atoms with E-state index in [2.05, 4.69) is 11.9 Å². The lowest BCUT2D eigenvalue weighted by atomic mass is 9.94. The zero-order valence-corrected chi connectivity index (χ0v) is 11.6. The number of carbonyl (C=O) groups excluding carboxylic acids is 1. The molecule has 0 fully saturated rings. The Kier molecular flexibility index (Phi) is 4.07. The SMILES string of the molecule is CCCCC(C)C(=O)c1c[nH]c2c(Cl)cccc12. The second-order valence-electron chi connectivity index (χ2n) is 4.77. The van der Waals surface area contributed by atoms with E-state index in [-0.39, 0.29) is 11.7 Å². The highest BCUT2D eigenvalue weighted by Gasteiger charge is 2.18. The number of H-pyrrole nitrogens is 1. The summed E-state index contributed by atoms with van der Waals surface area (Å²) >= 11 is 6.10.